The third-order valence-electron chi connectivity index (χ3n) is 2.30. The first kappa shape index (κ1) is 13.6. The molecule has 1 aromatic carbocycles. The van der Waals surface area contributed by atoms with E-state index in [1.165, 1.54) is 4.90 Å². The molecular formula is C12H17N5O. The summed E-state index contributed by atoms with van der Waals surface area (Å²) in [5, 5.41) is 14.5. The molecule has 0 aliphatic heterocycles. The lowest BCUT2D eigenvalue weighted by molar-refractivity contribution is 0.218. The van der Waals surface area contributed by atoms with Gasteiger partial charge in [0.05, 0.1) is 23.0 Å². The molecule has 0 aliphatic carbocycles. The Morgan fingerprint density at radius 2 is 2.17 bits per heavy atom. The highest BCUT2D eigenvalue weighted by Crippen LogP contribution is 2.18. The molecule has 96 valence electrons. The van der Waals surface area contributed by atoms with Crippen molar-refractivity contribution in [1.82, 2.24) is 10.2 Å². The molecule has 6 heteroatoms. The van der Waals surface area contributed by atoms with Crippen LogP contribution in [-0.2, 0) is 0 Å². The topological polar surface area (TPSA) is 94.2 Å². The molecule has 0 aromatic heterocycles. The number of anilines is 2. The minimum Gasteiger partial charge on any atom is -0.397 e. The van der Waals surface area contributed by atoms with Crippen LogP contribution in [0.5, 0.6) is 0 Å². The van der Waals surface area contributed by atoms with Gasteiger partial charge in [0.2, 0.25) is 0 Å². The van der Waals surface area contributed by atoms with Crippen LogP contribution in [-0.4, -0.2) is 38.1 Å². The number of nitrogen functional groups attached to an aromatic ring is 1. The van der Waals surface area contributed by atoms with Crippen molar-refractivity contribution in [3.8, 4) is 6.07 Å². The van der Waals surface area contributed by atoms with Gasteiger partial charge < -0.3 is 21.3 Å². The van der Waals surface area contributed by atoms with Crippen molar-refractivity contribution in [2.24, 2.45) is 0 Å². The number of carbonyl (C=O) groups is 1. The molecule has 0 unspecified atom stereocenters. The van der Waals surface area contributed by atoms with E-state index in [0.29, 0.717) is 24.3 Å². The van der Waals surface area contributed by atoms with Gasteiger partial charge in [0.25, 0.3) is 0 Å². The lowest BCUT2D eigenvalue weighted by Crippen LogP contribution is -2.37. The van der Waals surface area contributed by atoms with Gasteiger partial charge in [-0.3, -0.25) is 0 Å². The van der Waals surface area contributed by atoms with Gasteiger partial charge in [0, 0.05) is 27.2 Å². The summed E-state index contributed by atoms with van der Waals surface area (Å²) in [6.07, 6.45) is 0. The third kappa shape index (κ3) is 3.87. The van der Waals surface area contributed by atoms with Gasteiger partial charge in [-0.05, 0) is 18.2 Å². The average molecular weight is 247 g/mol. The average Bonchev–Trinajstić information content (AvgIpc) is 2.35. The molecule has 0 atom stereocenters. The number of nitrogens with two attached hydrogens (primary N) is 1. The second kappa shape index (κ2) is 6.35. The van der Waals surface area contributed by atoms with Crippen LogP contribution in [0.15, 0.2) is 18.2 Å². The van der Waals surface area contributed by atoms with E-state index in [4.69, 9.17) is 11.0 Å². The Bertz CT molecular complexity index is 464. The molecule has 1 aromatic rings. The summed E-state index contributed by atoms with van der Waals surface area (Å²) < 4.78 is 0. The van der Waals surface area contributed by atoms with Crippen molar-refractivity contribution in [2.75, 3.05) is 38.2 Å². The van der Waals surface area contributed by atoms with Crippen LogP contribution in [0.1, 0.15) is 5.56 Å². The molecule has 0 radical (unpaired) electrons. The van der Waals surface area contributed by atoms with Crippen LogP contribution in [0.25, 0.3) is 0 Å². The van der Waals surface area contributed by atoms with Crippen LogP contribution >= 0.6 is 0 Å². The first-order chi connectivity index (χ1) is 8.54. The molecule has 0 saturated heterocycles. The summed E-state index contributed by atoms with van der Waals surface area (Å²) in [5.74, 6) is 0. The molecule has 2 amide bonds. The fraction of sp³-hybridized carbons (Fsp3) is 0.333. The normalized spacial score (nSPS) is 9.39. The zero-order valence-electron chi connectivity index (χ0n) is 10.5. The minimum atomic E-state index is -0.135. The van der Waals surface area contributed by atoms with E-state index in [0.717, 1.165) is 5.69 Å². The van der Waals surface area contributed by atoms with Gasteiger partial charge in [-0.2, -0.15) is 5.26 Å². The van der Waals surface area contributed by atoms with Crippen LogP contribution < -0.4 is 16.4 Å². The minimum absolute atomic E-state index is 0.135. The van der Waals surface area contributed by atoms with Crippen molar-refractivity contribution in [2.45, 2.75) is 0 Å². The summed E-state index contributed by atoms with van der Waals surface area (Å²) in [4.78, 5) is 12.7. The lowest BCUT2D eigenvalue weighted by atomic mass is 10.2. The van der Waals surface area contributed by atoms with Gasteiger partial charge in [-0.1, -0.05) is 0 Å². The van der Waals surface area contributed by atoms with E-state index >= 15 is 0 Å². The number of nitrogens with zero attached hydrogens (tertiary/aromatic N) is 2. The molecule has 18 heavy (non-hydrogen) atoms. The Labute approximate surface area is 106 Å². The zero-order chi connectivity index (χ0) is 13.5. The number of nitrogens with one attached hydrogen (secondary N) is 2. The quantitative estimate of drug-likeness (QED) is 0.542. The summed E-state index contributed by atoms with van der Waals surface area (Å²) in [5.41, 5.74) is 7.58. The molecule has 6 nitrogen and oxygen atoms in total. The van der Waals surface area contributed by atoms with Crippen molar-refractivity contribution in [3.05, 3.63) is 23.8 Å². The summed E-state index contributed by atoms with van der Waals surface area (Å²) in [6.45, 7) is 1.06. The van der Waals surface area contributed by atoms with Gasteiger partial charge in [-0.15, -0.1) is 0 Å². The Hall–Kier alpha value is -2.42. The maximum Gasteiger partial charge on any atom is 0.316 e. The highest BCUT2D eigenvalue weighted by molar-refractivity contribution is 5.73. The SMILES string of the molecule is CN(C)C(=O)NCCNc1ccc(C#N)cc1N. The largest absolute Gasteiger partial charge is 0.397 e. The lowest BCUT2D eigenvalue weighted by Gasteiger charge is -2.13. The van der Waals surface area contributed by atoms with Gasteiger partial charge >= 0.3 is 6.03 Å². The highest BCUT2D eigenvalue weighted by atomic mass is 16.2. The molecule has 4 N–H and O–H groups in total. The van der Waals surface area contributed by atoms with Crippen LogP contribution in [0.2, 0.25) is 0 Å². The fourth-order valence-corrected chi connectivity index (χ4v) is 1.32. The number of rotatable bonds is 4. The molecule has 0 fully saturated rings. The maximum absolute atomic E-state index is 11.2. The number of amides is 2. The maximum atomic E-state index is 11.2. The van der Waals surface area contributed by atoms with E-state index < -0.39 is 0 Å². The molecule has 1 rings (SSSR count). The smallest absolute Gasteiger partial charge is 0.316 e. The third-order valence-corrected chi connectivity index (χ3v) is 2.30. The molecule has 0 heterocycles. The predicted molar refractivity (Wildman–Crippen MR) is 71.1 cm³/mol. The zero-order valence-corrected chi connectivity index (χ0v) is 10.5. The van der Waals surface area contributed by atoms with E-state index in [1.54, 1.807) is 32.3 Å². The summed E-state index contributed by atoms with van der Waals surface area (Å²) >= 11 is 0. The molecular weight excluding hydrogens is 230 g/mol. The Morgan fingerprint density at radius 3 is 2.72 bits per heavy atom. The highest BCUT2D eigenvalue weighted by Gasteiger charge is 2.02. The second-order valence-electron chi connectivity index (χ2n) is 3.97. The van der Waals surface area contributed by atoms with Crippen molar-refractivity contribution >= 4 is 17.4 Å². The van der Waals surface area contributed by atoms with Gasteiger partial charge in [0.1, 0.15) is 0 Å². The first-order valence-electron chi connectivity index (χ1n) is 5.53. The summed E-state index contributed by atoms with van der Waals surface area (Å²) in [6, 6.07) is 6.94. The first-order valence-corrected chi connectivity index (χ1v) is 5.53. The standard InChI is InChI=1S/C12H17N5O/c1-17(2)12(18)16-6-5-15-11-4-3-9(8-13)7-10(11)14/h3-4,7,15H,5-6,14H2,1-2H3,(H,16,18). The number of urea groups is 1. The number of nitriles is 1. The number of carbonyl (C=O) groups excluding carboxylic acids is 1. The van der Waals surface area contributed by atoms with E-state index in [2.05, 4.69) is 10.6 Å². The van der Waals surface area contributed by atoms with E-state index in [-0.39, 0.29) is 6.03 Å². The van der Waals surface area contributed by atoms with Crippen molar-refractivity contribution < 1.29 is 4.79 Å². The predicted octanol–water partition coefficient (Wildman–Crippen LogP) is 0.824. The van der Waals surface area contributed by atoms with Gasteiger partial charge in [0.15, 0.2) is 0 Å². The fourth-order valence-electron chi connectivity index (χ4n) is 1.32. The van der Waals surface area contributed by atoms with Gasteiger partial charge in [-0.25, -0.2) is 4.79 Å². The van der Waals surface area contributed by atoms with E-state index in [1.807, 2.05) is 6.07 Å². The van der Waals surface area contributed by atoms with Crippen molar-refractivity contribution in [3.63, 3.8) is 0 Å². The number of benzene rings is 1. The summed E-state index contributed by atoms with van der Waals surface area (Å²) in [7, 11) is 3.36. The molecule has 0 bridgehead atoms. The number of hydrogen-bond acceptors (Lipinski definition) is 4. The monoisotopic (exact) mass is 247 g/mol. The Balaban J connectivity index is 2.41. The van der Waals surface area contributed by atoms with Crippen LogP contribution in [0, 0.1) is 11.3 Å². The molecule has 0 saturated carbocycles. The van der Waals surface area contributed by atoms with Crippen LogP contribution in [0.3, 0.4) is 0 Å². The molecule has 0 spiro atoms. The Kier molecular flexibility index (Phi) is 4.81. The van der Waals surface area contributed by atoms with Crippen molar-refractivity contribution in [1.29, 1.82) is 5.26 Å². The Morgan fingerprint density at radius 1 is 1.44 bits per heavy atom. The second-order valence-corrected chi connectivity index (χ2v) is 3.97. The molecule has 0 aliphatic rings. The number of hydrogen-bond donors (Lipinski definition) is 3. The van der Waals surface area contributed by atoms with Crippen LogP contribution in [0.4, 0.5) is 16.2 Å². The van der Waals surface area contributed by atoms with E-state index in [9.17, 15) is 4.79 Å².